The van der Waals surface area contributed by atoms with Crippen LogP contribution < -0.4 is 20.7 Å². The topological polar surface area (TPSA) is 128 Å². The number of aryl methyl sites for hydroxylation is 1. The summed E-state index contributed by atoms with van der Waals surface area (Å²) in [5.41, 5.74) is 12.1. The van der Waals surface area contributed by atoms with Gasteiger partial charge >= 0.3 is 0 Å². The first-order valence-electron chi connectivity index (χ1n) is 16.8. The Balaban J connectivity index is 0.000000606. The molecule has 3 aromatic carbocycles. The maximum Gasteiger partial charge on any atom is 0.216 e. The van der Waals surface area contributed by atoms with Crippen LogP contribution in [-0.4, -0.2) is 59.3 Å². The largest absolute Gasteiger partial charge is 0.454 e. The Kier molecular flexibility index (Phi) is 11.4. The third-order valence-corrected chi connectivity index (χ3v) is 8.64. The molecule has 49 heavy (non-hydrogen) atoms. The summed E-state index contributed by atoms with van der Waals surface area (Å²) >= 11 is 0. The minimum Gasteiger partial charge on any atom is -0.454 e. The number of anilines is 2. The second-order valence-electron chi connectivity index (χ2n) is 12.2. The predicted molar refractivity (Wildman–Crippen MR) is 192 cm³/mol. The van der Waals surface area contributed by atoms with Gasteiger partial charge in [0.05, 0.1) is 36.4 Å². The van der Waals surface area contributed by atoms with Crippen molar-refractivity contribution in [3.63, 3.8) is 0 Å². The van der Waals surface area contributed by atoms with Gasteiger partial charge in [-0.1, -0.05) is 32.9 Å². The molecule has 1 saturated heterocycles. The SMILES string of the molecule is CCC(C)c1cc2[nH]c(C(=O)c3cnn(-c4ccc(Oc5ccccc5F)cc4C)c3N)cc2cc1N1CCOCC1.CCCNC(C)=O. The zero-order valence-electron chi connectivity index (χ0n) is 28.8. The van der Waals surface area contributed by atoms with Gasteiger partial charge in [0.2, 0.25) is 11.7 Å². The number of hydrogen-bond donors (Lipinski definition) is 3. The van der Waals surface area contributed by atoms with Crippen molar-refractivity contribution in [1.29, 1.82) is 0 Å². The van der Waals surface area contributed by atoms with Crippen LogP contribution in [0, 0.1) is 12.7 Å². The van der Waals surface area contributed by atoms with Gasteiger partial charge in [0.25, 0.3) is 0 Å². The summed E-state index contributed by atoms with van der Waals surface area (Å²) < 4.78 is 26.9. The van der Waals surface area contributed by atoms with E-state index in [2.05, 4.69) is 46.3 Å². The van der Waals surface area contributed by atoms with Crippen LogP contribution in [0.4, 0.5) is 15.9 Å². The summed E-state index contributed by atoms with van der Waals surface area (Å²) in [6.07, 6.45) is 3.52. The first-order valence-corrected chi connectivity index (χ1v) is 16.8. The minimum absolute atomic E-state index is 0.0573. The molecule has 0 aliphatic carbocycles. The Morgan fingerprint density at radius 3 is 2.49 bits per heavy atom. The maximum atomic E-state index is 14.0. The Labute approximate surface area is 286 Å². The molecule has 5 aromatic rings. The average molecular weight is 669 g/mol. The molecule has 1 amide bonds. The molecular weight excluding hydrogens is 623 g/mol. The normalized spacial score (nSPS) is 13.5. The summed E-state index contributed by atoms with van der Waals surface area (Å²) in [6.45, 7) is 13.7. The van der Waals surface area contributed by atoms with Crippen LogP contribution in [0.5, 0.6) is 11.5 Å². The molecule has 0 spiro atoms. The predicted octanol–water partition coefficient (Wildman–Crippen LogP) is 7.29. The number of rotatable bonds is 10. The summed E-state index contributed by atoms with van der Waals surface area (Å²) in [6, 6.07) is 17.8. The summed E-state index contributed by atoms with van der Waals surface area (Å²) in [4.78, 5) is 29.5. The first-order chi connectivity index (χ1) is 23.6. The van der Waals surface area contributed by atoms with Crippen molar-refractivity contribution in [2.45, 2.75) is 53.4 Å². The zero-order valence-corrected chi connectivity index (χ0v) is 28.8. The number of nitrogens with one attached hydrogen (secondary N) is 2. The number of nitrogen functional groups attached to an aromatic ring is 1. The number of H-pyrrole nitrogens is 1. The quantitative estimate of drug-likeness (QED) is 0.133. The van der Waals surface area contributed by atoms with Gasteiger partial charge in [-0.25, -0.2) is 9.07 Å². The van der Waals surface area contributed by atoms with Crippen LogP contribution in [0.3, 0.4) is 0 Å². The molecule has 1 atom stereocenters. The highest BCUT2D eigenvalue weighted by Gasteiger charge is 2.23. The van der Waals surface area contributed by atoms with Crippen molar-refractivity contribution in [2.75, 3.05) is 43.5 Å². The maximum absolute atomic E-state index is 14.0. The molecule has 2 aromatic heterocycles. The van der Waals surface area contributed by atoms with E-state index in [1.807, 2.05) is 19.9 Å². The lowest BCUT2D eigenvalue weighted by molar-refractivity contribution is -0.118. The van der Waals surface area contributed by atoms with Crippen molar-refractivity contribution >= 4 is 34.1 Å². The van der Waals surface area contributed by atoms with Crippen molar-refractivity contribution in [3.8, 4) is 17.2 Å². The standard InChI is InChI=1S/C33H34FN5O3.C5H11NO/c1-4-20(2)24-18-27-22(17-30(24)38-11-13-41-14-12-38)16-28(37-27)32(40)25-19-36-39(33(25)35)29-10-9-23(15-21(29)3)42-31-8-6-5-7-26(31)34;1-3-4-6-5(2)7/h5-10,15-20,37H,4,11-14,35H2,1-3H3;3-4H2,1-2H3,(H,6,7). The van der Waals surface area contributed by atoms with E-state index < -0.39 is 5.82 Å². The number of benzene rings is 3. The van der Waals surface area contributed by atoms with Crippen molar-refractivity contribution in [1.82, 2.24) is 20.1 Å². The number of ketones is 1. The summed E-state index contributed by atoms with van der Waals surface area (Å²) in [5.74, 6) is 0.614. The van der Waals surface area contributed by atoms with Crippen LogP contribution in [0.25, 0.3) is 16.6 Å². The van der Waals surface area contributed by atoms with E-state index in [9.17, 15) is 14.0 Å². The number of hydrogen-bond acceptors (Lipinski definition) is 7. The third-order valence-electron chi connectivity index (χ3n) is 8.64. The van der Waals surface area contributed by atoms with Gasteiger partial charge in [0.1, 0.15) is 11.6 Å². The Morgan fingerprint density at radius 2 is 1.84 bits per heavy atom. The number of ether oxygens (including phenoxy) is 2. The lowest BCUT2D eigenvalue weighted by atomic mass is 9.95. The molecule has 0 saturated carbocycles. The number of morpholine rings is 1. The van der Waals surface area contributed by atoms with E-state index in [0.717, 1.165) is 48.9 Å². The molecule has 0 radical (unpaired) electrons. The highest BCUT2D eigenvalue weighted by Crippen LogP contribution is 2.35. The van der Waals surface area contributed by atoms with E-state index in [-0.39, 0.29) is 23.3 Å². The van der Waals surface area contributed by atoms with Gasteiger partial charge in [-0.15, -0.1) is 0 Å². The number of nitrogens with zero attached hydrogens (tertiary/aromatic N) is 3. The van der Waals surface area contributed by atoms with E-state index in [1.54, 1.807) is 36.4 Å². The average Bonchev–Trinajstić information content (AvgIpc) is 3.71. The molecule has 6 rings (SSSR count). The summed E-state index contributed by atoms with van der Waals surface area (Å²) in [7, 11) is 0. The number of para-hydroxylation sites is 1. The van der Waals surface area contributed by atoms with Gasteiger partial charge in [0.15, 0.2) is 11.6 Å². The number of carbonyl (C=O) groups excluding carboxylic acids is 2. The number of nitrogens with two attached hydrogens (primary N) is 1. The monoisotopic (exact) mass is 668 g/mol. The molecule has 1 fully saturated rings. The zero-order chi connectivity index (χ0) is 35.1. The minimum atomic E-state index is -0.441. The van der Waals surface area contributed by atoms with Crippen LogP contribution in [-0.2, 0) is 9.53 Å². The molecule has 11 heteroatoms. The molecule has 10 nitrogen and oxygen atoms in total. The fraction of sp³-hybridized carbons (Fsp3) is 0.342. The van der Waals surface area contributed by atoms with E-state index in [1.165, 1.54) is 35.1 Å². The third kappa shape index (κ3) is 8.11. The van der Waals surface area contributed by atoms with Crippen LogP contribution in [0.15, 0.2) is 66.9 Å². The number of aromatic nitrogens is 3. The number of carbonyl (C=O) groups is 2. The van der Waals surface area contributed by atoms with Crippen LogP contribution >= 0.6 is 0 Å². The highest BCUT2D eigenvalue weighted by molar-refractivity contribution is 6.12. The smallest absolute Gasteiger partial charge is 0.216 e. The second-order valence-corrected chi connectivity index (χ2v) is 12.2. The fourth-order valence-electron chi connectivity index (χ4n) is 5.76. The van der Waals surface area contributed by atoms with Crippen molar-refractivity contribution in [2.24, 2.45) is 0 Å². The van der Waals surface area contributed by atoms with E-state index in [4.69, 9.17) is 15.2 Å². The fourth-order valence-corrected chi connectivity index (χ4v) is 5.76. The Hall–Kier alpha value is -5.16. The molecule has 4 N–H and O–H groups in total. The first kappa shape index (κ1) is 35.2. The van der Waals surface area contributed by atoms with Gasteiger partial charge in [-0.3, -0.25) is 9.59 Å². The van der Waals surface area contributed by atoms with Gasteiger partial charge in [-0.05, 0) is 85.3 Å². The summed E-state index contributed by atoms with van der Waals surface area (Å²) in [5, 5.41) is 8.06. The van der Waals surface area contributed by atoms with Gasteiger partial charge < -0.3 is 30.4 Å². The Morgan fingerprint density at radius 1 is 1.08 bits per heavy atom. The number of amides is 1. The number of halogens is 1. The molecule has 0 bridgehead atoms. The van der Waals surface area contributed by atoms with Crippen molar-refractivity contribution in [3.05, 3.63) is 95.1 Å². The van der Waals surface area contributed by atoms with E-state index >= 15 is 0 Å². The van der Waals surface area contributed by atoms with E-state index in [0.29, 0.717) is 41.8 Å². The lowest BCUT2D eigenvalue weighted by Crippen LogP contribution is -2.36. The molecule has 1 unspecified atom stereocenters. The lowest BCUT2D eigenvalue weighted by Gasteiger charge is -2.32. The van der Waals surface area contributed by atoms with Crippen LogP contribution in [0.2, 0.25) is 0 Å². The second kappa shape index (κ2) is 15.8. The Bertz CT molecular complexity index is 1930. The van der Waals surface area contributed by atoms with Gasteiger partial charge in [-0.2, -0.15) is 5.10 Å². The molecular formula is C38H45FN6O4. The molecule has 1 aliphatic heterocycles. The highest BCUT2D eigenvalue weighted by atomic mass is 19.1. The van der Waals surface area contributed by atoms with Crippen LogP contribution in [0.1, 0.15) is 73.6 Å². The molecule has 1 aliphatic rings. The molecule has 3 heterocycles. The number of fused-ring (bicyclic) bond motifs is 1. The van der Waals surface area contributed by atoms with Gasteiger partial charge in [0, 0.05) is 43.1 Å². The van der Waals surface area contributed by atoms with Crippen molar-refractivity contribution < 1.29 is 23.5 Å². The number of aromatic amines is 1. The molecule has 258 valence electrons.